The van der Waals surface area contributed by atoms with Crippen LogP contribution in [0.3, 0.4) is 0 Å². The Labute approximate surface area is 165 Å². The fourth-order valence-electron chi connectivity index (χ4n) is 2.70. The fraction of sp³-hybridized carbons (Fsp3) is 0.200. The van der Waals surface area contributed by atoms with E-state index in [9.17, 15) is 4.79 Å². The van der Waals surface area contributed by atoms with Gasteiger partial charge in [0.25, 0.3) is 16.7 Å². The highest BCUT2D eigenvalue weighted by Gasteiger charge is 2.16. The summed E-state index contributed by atoms with van der Waals surface area (Å²) in [5, 5.41) is 8.85. The largest absolute Gasteiger partial charge is 0.484 e. The molecule has 4 rings (SSSR count). The summed E-state index contributed by atoms with van der Waals surface area (Å²) in [6, 6.07) is 15.0. The van der Waals surface area contributed by atoms with E-state index in [1.165, 1.54) is 11.8 Å². The van der Waals surface area contributed by atoms with Crippen molar-refractivity contribution >= 4 is 22.7 Å². The molecule has 1 atom stereocenters. The van der Waals surface area contributed by atoms with Crippen LogP contribution in [0.1, 0.15) is 29.5 Å². The van der Waals surface area contributed by atoms with Crippen LogP contribution in [0.2, 0.25) is 0 Å². The normalized spacial score (nSPS) is 12.2. The zero-order valence-corrected chi connectivity index (χ0v) is 16.2. The minimum Gasteiger partial charge on any atom is -0.484 e. The smallest absolute Gasteiger partial charge is 0.277 e. The first kappa shape index (κ1) is 18.2. The van der Waals surface area contributed by atoms with E-state index in [0.717, 1.165) is 11.3 Å². The maximum atomic E-state index is 12.2. The van der Waals surface area contributed by atoms with Crippen LogP contribution in [-0.2, 0) is 6.61 Å². The van der Waals surface area contributed by atoms with E-state index < -0.39 is 0 Å². The highest BCUT2D eigenvalue weighted by molar-refractivity contribution is 7.99. The second-order valence-corrected chi connectivity index (χ2v) is 7.59. The number of hydrogen-bond donors (Lipinski definition) is 1. The highest BCUT2D eigenvalue weighted by atomic mass is 32.2. The summed E-state index contributed by atoms with van der Waals surface area (Å²) in [7, 11) is 0. The maximum Gasteiger partial charge on any atom is 0.277 e. The lowest BCUT2D eigenvalue weighted by molar-refractivity contribution is 0.252. The van der Waals surface area contributed by atoms with Crippen LogP contribution in [0.15, 0.2) is 63.0 Å². The van der Waals surface area contributed by atoms with Gasteiger partial charge in [-0.15, -0.1) is 10.2 Å². The number of para-hydroxylation sites is 1. The number of thioether (sulfide) groups is 1. The molecule has 8 heteroatoms. The van der Waals surface area contributed by atoms with Crippen molar-refractivity contribution in [2.75, 3.05) is 0 Å². The molecule has 0 aliphatic heterocycles. The quantitative estimate of drug-likeness (QED) is 0.493. The second kappa shape index (κ2) is 7.85. The molecule has 0 aliphatic carbocycles. The van der Waals surface area contributed by atoms with Crippen LogP contribution in [0.5, 0.6) is 5.75 Å². The predicted molar refractivity (Wildman–Crippen MR) is 106 cm³/mol. The molecule has 0 amide bonds. The van der Waals surface area contributed by atoms with Gasteiger partial charge in [0, 0.05) is 0 Å². The van der Waals surface area contributed by atoms with Crippen LogP contribution in [0.4, 0.5) is 0 Å². The lowest BCUT2D eigenvalue weighted by Crippen LogP contribution is -2.12. The number of H-pyrrole nitrogens is 1. The lowest BCUT2D eigenvalue weighted by atomic mass is 10.2. The molecule has 0 saturated heterocycles. The summed E-state index contributed by atoms with van der Waals surface area (Å²) in [6.07, 6.45) is 0. The molecular formula is C20H18N4O3S. The number of rotatable bonds is 6. The zero-order valence-electron chi connectivity index (χ0n) is 15.4. The summed E-state index contributed by atoms with van der Waals surface area (Å²) in [6.45, 7) is 4.11. The molecule has 0 radical (unpaired) electrons. The predicted octanol–water partition coefficient (Wildman–Crippen LogP) is 4.05. The molecule has 1 N–H and O–H groups in total. The van der Waals surface area contributed by atoms with Crippen molar-refractivity contribution in [3.05, 3.63) is 76.2 Å². The van der Waals surface area contributed by atoms with Gasteiger partial charge in [-0.1, -0.05) is 36.0 Å². The number of ether oxygens (including phenoxy) is 1. The minimum absolute atomic E-state index is 0.161. The van der Waals surface area contributed by atoms with Gasteiger partial charge in [-0.25, -0.2) is 4.98 Å². The molecule has 0 saturated carbocycles. The molecule has 2 aromatic carbocycles. The maximum absolute atomic E-state index is 12.2. The van der Waals surface area contributed by atoms with Crippen molar-refractivity contribution in [3.8, 4) is 5.75 Å². The molecule has 142 valence electrons. The summed E-state index contributed by atoms with van der Waals surface area (Å²) < 4.78 is 11.3. The standard InChI is InChI=1S/C20H18N4O3S/c1-12-6-5-7-14(10-12)26-11-17-23-24-20(27-17)28-13(2)18-21-16-9-4-3-8-15(16)19(25)22-18/h3-10,13H,11H2,1-2H3,(H,21,22,25). The molecule has 0 spiro atoms. The highest BCUT2D eigenvalue weighted by Crippen LogP contribution is 2.32. The number of nitrogens with zero attached hydrogens (tertiary/aromatic N) is 3. The van der Waals surface area contributed by atoms with Gasteiger partial charge in [-0.05, 0) is 43.7 Å². The molecule has 2 aromatic heterocycles. The van der Waals surface area contributed by atoms with Crippen LogP contribution in [-0.4, -0.2) is 20.2 Å². The van der Waals surface area contributed by atoms with Crippen molar-refractivity contribution in [3.63, 3.8) is 0 Å². The molecule has 0 fully saturated rings. The van der Waals surface area contributed by atoms with Crippen LogP contribution >= 0.6 is 11.8 Å². The zero-order chi connectivity index (χ0) is 19.5. The van der Waals surface area contributed by atoms with E-state index >= 15 is 0 Å². The van der Waals surface area contributed by atoms with Gasteiger partial charge in [0.05, 0.1) is 16.2 Å². The topological polar surface area (TPSA) is 93.9 Å². The number of nitrogens with one attached hydrogen (secondary N) is 1. The average Bonchev–Trinajstić information content (AvgIpc) is 3.14. The molecule has 4 aromatic rings. The van der Waals surface area contributed by atoms with Gasteiger partial charge in [0.2, 0.25) is 0 Å². The Balaban J connectivity index is 1.44. The molecule has 2 heterocycles. The first-order chi connectivity index (χ1) is 13.6. The Morgan fingerprint density at radius 1 is 1.18 bits per heavy atom. The van der Waals surface area contributed by atoms with Crippen molar-refractivity contribution in [2.24, 2.45) is 0 Å². The summed E-state index contributed by atoms with van der Waals surface area (Å²) in [4.78, 5) is 19.6. The number of aryl methyl sites for hydroxylation is 1. The number of hydrogen-bond acceptors (Lipinski definition) is 7. The van der Waals surface area contributed by atoms with Crippen molar-refractivity contribution < 1.29 is 9.15 Å². The first-order valence-electron chi connectivity index (χ1n) is 8.76. The number of aromatic nitrogens is 4. The lowest BCUT2D eigenvalue weighted by Gasteiger charge is -2.08. The van der Waals surface area contributed by atoms with Gasteiger partial charge in [0.15, 0.2) is 6.61 Å². The third-order valence-electron chi connectivity index (χ3n) is 4.09. The Morgan fingerprint density at radius 2 is 2.04 bits per heavy atom. The van der Waals surface area contributed by atoms with E-state index in [2.05, 4.69) is 20.2 Å². The second-order valence-electron chi connectivity index (χ2n) is 6.30. The molecule has 1 unspecified atom stereocenters. The SMILES string of the molecule is Cc1cccc(OCc2nnc(SC(C)c3nc4ccccc4c(=O)[nH]3)o2)c1. The number of benzene rings is 2. The average molecular weight is 394 g/mol. The van der Waals surface area contributed by atoms with E-state index in [0.29, 0.717) is 27.8 Å². The molecule has 0 aliphatic rings. The van der Waals surface area contributed by atoms with Gasteiger partial charge in [-0.2, -0.15) is 0 Å². The van der Waals surface area contributed by atoms with Gasteiger partial charge in [-0.3, -0.25) is 4.79 Å². The third-order valence-corrected chi connectivity index (χ3v) is 5.04. The van der Waals surface area contributed by atoms with Crippen molar-refractivity contribution in [2.45, 2.75) is 30.9 Å². The summed E-state index contributed by atoms with van der Waals surface area (Å²) in [5.74, 6) is 1.69. The van der Waals surface area contributed by atoms with Gasteiger partial charge >= 0.3 is 0 Å². The fourth-order valence-corrected chi connectivity index (χ4v) is 3.46. The van der Waals surface area contributed by atoms with Crippen LogP contribution in [0, 0.1) is 6.92 Å². The van der Waals surface area contributed by atoms with Crippen LogP contribution < -0.4 is 10.3 Å². The molecule has 28 heavy (non-hydrogen) atoms. The van der Waals surface area contributed by atoms with Gasteiger partial charge in [0.1, 0.15) is 11.6 Å². The molecular weight excluding hydrogens is 376 g/mol. The van der Waals surface area contributed by atoms with E-state index in [-0.39, 0.29) is 17.4 Å². The minimum atomic E-state index is -0.164. The third kappa shape index (κ3) is 4.07. The molecule has 0 bridgehead atoms. The Morgan fingerprint density at radius 3 is 2.89 bits per heavy atom. The molecule has 7 nitrogen and oxygen atoms in total. The Bertz CT molecular complexity index is 1170. The summed E-state index contributed by atoms with van der Waals surface area (Å²) in [5.41, 5.74) is 1.61. The van der Waals surface area contributed by atoms with Crippen LogP contribution in [0.25, 0.3) is 10.9 Å². The van der Waals surface area contributed by atoms with Crippen molar-refractivity contribution in [1.29, 1.82) is 0 Å². The van der Waals surface area contributed by atoms with Crippen molar-refractivity contribution in [1.82, 2.24) is 20.2 Å². The number of fused-ring (bicyclic) bond motifs is 1. The number of aromatic amines is 1. The summed E-state index contributed by atoms with van der Waals surface area (Å²) >= 11 is 1.33. The first-order valence-corrected chi connectivity index (χ1v) is 9.64. The Hall–Kier alpha value is -3.13. The Kier molecular flexibility index (Phi) is 5.12. The van der Waals surface area contributed by atoms with E-state index in [1.54, 1.807) is 6.07 Å². The van der Waals surface area contributed by atoms with Gasteiger partial charge < -0.3 is 14.1 Å². The van der Waals surface area contributed by atoms with E-state index in [4.69, 9.17) is 9.15 Å². The van der Waals surface area contributed by atoms with E-state index in [1.807, 2.05) is 56.3 Å². The monoisotopic (exact) mass is 394 g/mol.